The largest absolute Gasteiger partial charge is 0.459 e. The minimum atomic E-state index is -0.670. The van der Waals surface area contributed by atoms with Crippen LogP contribution in [-0.2, 0) is 4.79 Å². The minimum Gasteiger partial charge on any atom is -0.459 e. The Balaban J connectivity index is 1.55. The van der Waals surface area contributed by atoms with E-state index < -0.39 is 11.9 Å². The molecule has 2 aromatic rings. The molecule has 0 aliphatic heterocycles. The van der Waals surface area contributed by atoms with Gasteiger partial charge in [0.2, 0.25) is 5.91 Å². The first-order valence-corrected chi connectivity index (χ1v) is 7.62. The van der Waals surface area contributed by atoms with Crippen molar-refractivity contribution in [1.29, 1.82) is 0 Å². The van der Waals surface area contributed by atoms with Crippen molar-refractivity contribution in [2.24, 2.45) is 0 Å². The number of hydrogen-bond donors (Lipinski definition) is 2. The summed E-state index contributed by atoms with van der Waals surface area (Å²) in [5, 5.41) is 7.84. The Morgan fingerprint density at radius 3 is 2.95 bits per heavy atom. The molecule has 0 saturated heterocycles. The van der Waals surface area contributed by atoms with E-state index in [9.17, 15) is 9.59 Å². The highest BCUT2D eigenvalue weighted by Gasteiger charge is 2.26. The maximum atomic E-state index is 12.0. The van der Waals surface area contributed by atoms with E-state index in [0.29, 0.717) is 11.0 Å². The van der Waals surface area contributed by atoms with Gasteiger partial charge in [-0.3, -0.25) is 9.59 Å². The first kappa shape index (κ1) is 13.8. The van der Waals surface area contributed by atoms with Crippen LogP contribution in [-0.4, -0.2) is 22.8 Å². The molecule has 0 spiro atoms. The topological polar surface area (TPSA) is 84.2 Å². The van der Waals surface area contributed by atoms with E-state index in [1.807, 2.05) is 5.38 Å². The van der Waals surface area contributed by atoms with Crippen LogP contribution in [0.2, 0.25) is 0 Å². The van der Waals surface area contributed by atoms with Gasteiger partial charge in [0.1, 0.15) is 6.04 Å². The smallest absolute Gasteiger partial charge is 0.287 e. The lowest BCUT2D eigenvalue weighted by Gasteiger charge is -2.11. The normalized spacial score (nSPS) is 15.5. The molecule has 1 fully saturated rings. The molecule has 0 aromatic carbocycles. The van der Waals surface area contributed by atoms with E-state index in [1.54, 1.807) is 19.1 Å². The summed E-state index contributed by atoms with van der Waals surface area (Å²) in [5.74, 6) is 0.0231. The van der Waals surface area contributed by atoms with Crippen molar-refractivity contribution in [1.82, 2.24) is 10.3 Å². The summed E-state index contributed by atoms with van der Waals surface area (Å²) in [6.07, 6.45) is 3.76. The number of carbonyl (C=O) groups is 2. The Labute approximate surface area is 125 Å². The van der Waals surface area contributed by atoms with E-state index in [0.717, 1.165) is 5.69 Å². The monoisotopic (exact) mass is 305 g/mol. The molecule has 110 valence electrons. The van der Waals surface area contributed by atoms with Crippen LogP contribution in [0, 0.1) is 0 Å². The average Bonchev–Trinajstić information content (AvgIpc) is 2.99. The van der Waals surface area contributed by atoms with E-state index >= 15 is 0 Å². The molecule has 21 heavy (non-hydrogen) atoms. The Kier molecular flexibility index (Phi) is 3.74. The van der Waals surface area contributed by atoms with Crippen LogP contribution < -0.4 is 10.6 Å². The van der Waals surface area contributed by atoms with Gasteiger partial charge >= 0.3 is 0 Å². The lowest BCUT2D eigenvalue weighted by atomic mass is 10.3. The van der Waals surface area contributed by atoms with Gasteiger partial charge in [-0.2, -0.15) is 0 Å². The van der Waals surface area contributed by atoms with E-state index in [1.165, 1.54) is 30.4 Å². The van der Waals surface area contributed by atoms with E-state index in [2.05, 4.69) is 15.6 Å². The van der Waals surface area contributed by atoms with Gasteiger partial charge < -0.3 is 15.1 Å². The predicted octanol–water partition coefficient (Wildman–Crippen LogP) is 2.37. The summed E-state index contributed by atoms with van der Waals surface area (Å²) in [6, 6.07) is 2.49. The minimum absolute atomic E-state index is 0.180. The third kappa shape index (κ3) is 3.30. The van der Waals surface area contributed by atoms with Crippen LogP contribution >= 0.6 is 11.3 Å². The summed E-state index contributed by atoms with van der Waals surface area (Å²) < 4.78 is 4.98. The van der Waals surface area contributed by atoms with Gasteiger partial charge in [-0.25, -0.2) is 4.98 Å². The summed E-state index contributed by atoms with van der Waals surface area (Å²) >= 11 is 1.41. The number of nitrogens with one attached hydrogen (secondary N) is 2. The molecule has 0 radical (unpaired) electrons. The van der Waals surface area contributed by atoms with Gasteiger partial charge in [0.25, 0.3) is 5.91 Å². The zero-order valence-electron chi connectivity index (χ0n) is 11.5. The van der Waals surface area contributed by atoms with Crippen molar-refractivity contribution in [3.63, 3.8) is 0 Å². The maximum absolute atomic E-state index is 12.0. The van der Waals surface area contributed by atoms with Crippen LogP contribution in [0.25, 0.3) is 0 Å². The summed E-state index contributed by atoms with van der Waals surface area (Å²) in [6.45, 7) is 1.62. The van der Waals surface area contributed by atoms with Crippen LogP contribution in [0.1, 0.15) is 41.9 Å². The van der Waals surface area contributed by atoms with Crippen molar-refractivity contribution in [2.45, 2.75) is 31.7 Å². The Hall–Kier alpha value is -2.15. The highest BCUT2D eigenvalue weighted by Crippen LogP contribution is 2.40. The van der Waals surface area contributed by atoms with Crippen LogP contribution in [0.3, 0.4) is 0 Å². The highest BCUT2D eigenvalue weighted by atomic mass is 32.1. The summed E-state index contributed by atoms with van der Waals surface area (Å²) in [7, 11) is 0. The van der Waals surface area contributed by atoms with Gasteiger partial charge in [0.05, 0.1) is 12.0 Å². The molecule has 1 aliphatic carbocycles. The molecule has 7 heteroatoms. The Morgan fingerprint density at radius 1 is 1.48 bits per heavy atom. The van der Waals surface area contributed by atoms with Crippen LogP contribution in [0.15, 0.2) is 28.2 Å². The highest BCUT2D eigenvalue weighted by molar-refractivity contribution is 7.13. The number of hydrogen-bond acceptors (Lipinski definition) is 5. The Morgan fingerprint density at radius 2 is 2.29 bits per heavy atom. The Bertz CT molecular complexity index is 646. The SMILES string of the molecule is CC(NC(=O)c1ccco1)C(=O)Nc1nc(C2CC2)cs1. The fourth-order valence-corrected chi connectivity index (χ4v) is 2.66. The van der Waals surface area contributed by atoms with Crippen molar-refractivity contribution in [2.75, 3.05) is 5.32 Å². The number of aromatic nitrogens is 1. The van der Waals surface area contributed by atoms with Crippen molar-refractivity contribution in [3.05, 3.63) is 35.2 Å². The number of nitrogens with zero attached hydrogens (tertiary/aromatic N) is 1. The number of furan rings is 1. The molecule has 2 N–H and O–H groups in total. The molecular formula is C14H15N3O3S. The zero-order chi connectivity index (χ0) is 14.8. The molecule has 1 atom stereocenters. The molecule has 6 nitrogen and oxygen atoms in total. The van der Waals surface area contributed by atoms with Gasteiger partial charge in [-0.15, -0.1) is 11.3 Å². The second kappa shape index (κ2) is 5.69. The van der Waals surface area contributed by atoms with Crippen molar-refractivity contribution >= 4 is 28.3 Å². The standard InChI is InChI=1S/C14H15N3O3S/c1-8(15-13(19)11-3-2-6-20-11)12(18)17-14-16-10(7-21-14)9-4-5-9/h2-3,6-9H,4-5H2,1H3,(H,15,19)(H,16,17,18). The summed E-state index contributed by atoms with van der Waals surface area (Å²) in [5.41, 5.74) is 1.04. The molecule has 2 amide bonds. The van der Waals surface area contributed by atoms with Gasteiger partial charge in [0, 0.05) is 11.3 Å². The number of carbonyl (C=O) groups excluding carboxylic acids is 2. The number of thiazole rings is 1. The fraction of sp³-hybridized carbons (Fsp3) is 0.357. The molecule has 2 heterocycles. The van der Waals surface area contributed by atoms with E-state index in [-0.39, 0.29) is 11.7 Å². The van der Waals surface area contributed by atoms with Crippen LogP contribution in [0.5, 0.6) is 0 Å². The second-order valence-corrected chi connectivity index (χ2v) is 5.87. The fourth-order valence-electron chi connectivity index (χ4n) is 1.86. The van der Waals surface area contributed by atoms with Gasteiger partial charge in [-0.1, -0.05) is 0 Å². The number of amides is 2. The summed E-state index contributed by atoms with van der Waals surface area (Å²) in [4.78, 5) is 28.2. The third-order valence-corrected chi connectivity index (χ3v) is 4.01. The zero-order valence-corrected chi connectivity index (χ0v) is 12.3. The van der Waals surface area contributed by atoms with Gasteiger partial charge in [0.15, 0.2) is 10.9 Å². The van der Waals surface area contributed by atoms with Crippen LogP contribution in [0.4, 0.5) is 5.13 Å². The maximum Gasteiger partial charge on any atom is 0.287 e. The molecule has 1 saturated carbocycles. The first-order chi connectivity index (χ1) is 10.1. The van der Waals surface area contributed by atoms with Crippen molar-refractivity contribution in [3.8, 4) is 0 Å². The average molecular weight is 305 g/mol. The molecule has 1 aliphatic rings. The quantitative estimate of drug-likeness (QED) is 0.888. The molecular weight excluding hydrogens is 290 g/mol. The number of rotatable bonds is 5. The molecule has 2 aromatic heterocycles. The third-order valence-electron chi connectivity index (χ3n) is 3.23. The second-order valence-electron chi connectivity index (χ2n) is 5.01. The predicted molar refractivity (Wildman–Crippen MR) is 78.4 cm³/mol. The van der Waals surface area contributed by atoms with Crippen molar-refractivity contribution < 1.29 is 14.0 Å². The number of anilines is 1. The van der Waals surface area contributed by atoms with E-state index in [4.69, 9.17) is 4.42 Å². The lowest BCUT2D eigenvalue weighted by Crippen LogP contribution is -2.41. The molecule has 3 rings (SSSR count). The lowest BCUT2D eigenvalue weighted by molar-refractivity contribution is -0.117. The first-order valence-electron chi connectivity index (χ1n) is 6.74. The van der Waals surface area contributed by atoms with Gasteiger partial charge in [-0.05, 0) is 31.9 Å². The molecule has 1 unspecified atom stereocenters. The molecule has 0 bridgehead atoms.